The highest BCUT2D eigenvalue weighted by atomic mass is 19.1. The van der Waals surface area contributed by atoms with Crippen molar-refractivity contribution in [3.63, 3.8) is 0 Å². The lowest BCUT2D eigenvalue weighted by Crippen LogP contribution is -2.35. The van der Waals surface area contributed by atoms with Crippen LogP contribution in [-0.2, 0) is 20.8 Å². The van der Waals surface area contributed by atoms with E-state index in [1.54, 1.807) is 11.0 Å². The molecule has 0 bridgehead atoms. The van der Waals surface area contributed by atoms with Gasteiger partial charge in [-0.2, -0.15) is 0 Å². The average molecular weight is 531 g/mol. The Morgan fingerprint density at radius 2 is 1.74 bits per heavy atom. The van der Waals surface area contributed by atoms with E-state index in [1.807, 2.05) is 67.5 Å². The average Bonchev–Trinajstić information content (AvgIpc) is 3.21. The Kier molecular flexibility index (Phi) is 8.41. The molecule has 0 atom stereocenters. The fraction of sp³-hybridized carbons (Fsp3) is 0.233. The molecule has 1 aliphatic heterocycles. The van der Waals surface area contributed by atoms with E-state index in [9.17, 15) is 18.8 Å². The minimum Gasteiger partial charge on any atom is -0.481 e. The first-order valence-corrected chi connectivity index (χ1v) is 12.6. The zero-order valence-corrected chi connectivity index (χ0v) is 22.1. The Morgan fingerprint density at radius 3 is 2.41 bits per heavy atom. The van der Waals surface area contributed by atoms with Gasteiger partial charge in [0.15, 0.2) is 0 Å². The fourth-order valence-electron chi connectivity index (χ4n) is 4.44. The number of halogens is 1. The van der Waals surface area contributed by atoms with Crippen LogP contribution in [0.1, 0.15) is 30.0 Å². The molecule has 1 aliphatic rings. The number of nitrogens with zero attached hydrogens (tertiary/aromatic N) is 2. The Morgan fingerprint density at radius 1 is 1.00 bits per heavy atom. The second-order valence-electron chi connectivity index (χ2n) is 9.63. The maximum Gasteiger partial charge on any atom is 0.303 e. The standard InChI is InChI=1S/C30H31FN4O4/c1-19(36)35(16-15-34(2)3)24-11-9-23(10-12-24)32-29(21-6-4-5-20(17-21)7-14-27(37)38)28-25-13-8-22(31)18-26(25)33-30(28)39/h4-6,8-13,17-18,32H,7,14-16H2,1-3H3,(H,33,39)(H,37,38)/b29-28-. The van der Waals surface area contributed by atoms with Gasteiger partial charge in [-0.25, -0.2) is 4.39 Å². The zero-order valence-electron chi connectivity index (χ0n) is 22.1. The Hall–Kier alpha value is -4.50. The first-order chi connectivity index (χ1) is 18.6. The van der Waals surface area contributed by atoms with Gasteiger partial charge < -0.3 is 25.5 Å². The van der Waals surface area contributed by atoms with E-state index in [0.29, 0.717) is 53.3 Å². The van der Waals surface area contributed by atoms with Gasteiger partial charge in [0.1, 0.15) is 5.82 Å². The van der Waals surface area contributed by atoms with Crippen LogP contribution >= 0.6 is 0 Å². The van der Waals surface area contributed by atoms with Gasteiger partial charge in [-0.1, -0.05) is 18.2 Å². The number of fused-ring (bicyclic) bond motifs is 1. The quantitative estimate of drug-likeness (QED) is 0.329. The molecule has 0 spiro atoms. The molecular formula is C30H31FN4O4. The molecule has 1 heterocycles. The number of carboxylic acids is 1. The molecule has 0 saturated heterocycles. The molecule has 0 fully saturated rings. The van der Waals surface area contributed by atoms with Crippen molar-refractivity contribution < 1.29 is 23.9 Å². The van der Waals surface area contributed by atoms with Crippen LogP contribution in [0.15, 0.2) is 66.7 Å². The van der Waals surface area contributed by atoms with Gasteiger partial charge in [0.25, 0.3) is 5.91 Å². The molecule has 2 amide bonds. The van der Waals surface area contributed by atoms with E-state index >= 15 is 0 Å². The van der Waals surface area contributed by atoms with Crippen molar-refractivity contribution in [2.75, 3.05) is 42.7 Å². The predicted molar refractivity (Wildman–Crippen MR) is 151 cm³/mol. The maximum atomic E-state index is 13.9. The molecule has 0 aliphatic carbocycles. The third-order valence-electron chi connectivity index (χ3n) is 6.42. The number of rotatable bonds is 10. The Balaban J connectivity index is 1.74. The number of aliphatic carboxylic acids is 1. The normalized spacial score (nSPS) is 13.6. The number of carbonyl (C=O) groups is 3. The number of anilines is 3. The molecule has 0 unspecified atom stereocenters. The van der Waals surface area contributed by atoms with Gasteiger partial charge in [-0.15, -0.1) is 0 Å². The van der Waals surface area contributed by atoms with Crippen LogP contribution in [0, 0.1) is 5.82 Å². The van der Waals surface area contributed by atoms with E-state index in [-0.39, 0.29) is 18.2 Å². The largest absolute Gasteiger partial charge is 0.481 e. The number of carboxylic acid groups (broad SMARTS) is 1. The minimum absolute atomic E-state index is 0.0205. The second-order valence-corrected chi connectivity index (χ2v) is 9.63. The molecule has 3 N–H and O–H groups in total. The summed E-state index contributed by atoms with van der Waals surface area (Å²) in [6, 6.07) is 18.8. The lowest BCUT2D eigenvalue weighted by molar-refractivity contribution is -0.137. The molecule has 202 valence electrons. The third-order valence-corrected chi connectivity index (χ3v) is 6.42. The highest BCUT2D eigenvalue weighted by Gasteiger charge is 2.29. The van der Waals surface area contributed by atoms with Crippen molar-refractivity contribution in [1.82, 2.24) is 4.90 Å². The van der Waals surface area contributed by atoms with Crippen molar-refractivity contribution in [3.8, 4) is 0 Å². The molecule has 9 heteroatoms. The first kappa shape index (κ1) is 27.5. The minimum atomic E-state index is -0.895. The van der Waals surface area contributed by atoms with Crippen LogP contribution in [0.25, 0.3) is 11.3 Å². The van der Waals surface area contributed by atoms with Crippen molar-refractivity contribution in [2.45, 2.75) is 19.8 Å². The number of aryl methyl sites for hydroxylation is 1. The lowest BCUT2D eigenvalue weighted by Gasteiger charge is -2.23. The van der Waals surface area contributed by atoms with Gasteiger partial charge in [-0.3, -0.25) is 14.4 Å². The first-order valence-electron chi connectivity index (χ1n) is 12.6. The summed E-state index contributed by atoms with van der Waals surface area (Å²) in [5.74, 6) is -1.80. The second kappa shape index (κ2) is 11.9. The molecule has 0 radical (unpaired) electrons. The van der Waals surface area contributed by atoms with E-state index in [4.69, 9.17) is 5.11 Å². The number of nitrogens with one attached hydrogen (secondary N) is 2. The SMILES string of the molecule is CC(=O)N(CCN(C)C)c1ccc(N/C(=C2\C(=O)Nc3cc(F)ccc32)c2cccc(CCC(=O)O)c2)cc1. The van der Waals surface area contributed by atoms with E-state index in [0.717, 1.165) is 11.3 Å². The molecule has 3 aromatic carbocycles. The molecule has 8 nitrogen and oxygen atoms in total. The summed E-state index contributed by atoms with van der Waals surface area (Å²) in [6.07, 6.45) is 0.315. The molecule has 0 aromatic heterocycles. The topological polar surface area (TPSA) is 102 Å². The van der Waals surface area contributed by atoms with Crippen molar-refractivity contribution in [2.24, 2.45) is 0 Å². The number of hydrogen-bond donors (Lipinski definition) is 3. The van der Waals surface area contributed by atoms with Gasteiger partial charge in [0.05, 0.1) is 17.0 Å². The van der Waals surface area contributed by atoms with E-state index < -0.39 is 11.8 Å². The fourth-order valence-corrected chi connectivity index (χ4v) is 4.44. The summed E-state index contributed by atoms with van der Waals surface area (Å²) in [4.78, 5) is 40.2. The molecular weight excluding hydrogens is 499 g/mol. The van der Waals surface area contributed by atoms with Crippen LogP contribution in [0.2, 0.25) is 0 Å². The summed E-state index contributed by atoms with van der Waals surface area (Å²) in [5, 5.41) is 15.2. The third kappa shape index (κ3) is 6.69. The molecule has 3 aromatic rings. The predicted octanol–water partition coefficient (Wildman–Crippen LogP) is 4.69. The van der Waals surface area contributed by atoms with E-state index in [2.05, 4.69) is 10.6 Å². The number of hydrogen-bond acceptors (Lipinski definition) is 5. The molecule has 0 saturated carbocycles. The zero-order chi connectivity index (χ0) is 28.1. The summed E-state index contributed by atoms with van der Waals surface area (Å²) in [7, 11) is 3.89. The van der Waals surface area contributed by atoms with Gasteiger partial charge in [0.2, 0.25) is 5.91 Å². The number of likely N-dealkylation sites (N-methyl/N-ethyl adjacent to an activating group) is 1. The van der Waals surface area contributed by atoms with Crippen LogP contribution in [0.5, 0.6) is 0 Å². The van der Waals surface area contributed by atoms with Gasteiger partial charge >= 0.3 is 5.97 Å². The smallest absolute Gasteiger partial charge is 0.303 e. The highest BCUT2D eigenvalue weighted by molar-refractivity contribution is 6.37. The monoisotopic (exact) mass is 530 g/mol. The highest BCUT2D eigenvalue weighted by Crippen LogP contribution is 2.38. The summed E-state index contributed by atoms with van der Waals surface area (Å²) >= 11 is 0. The Labute approximate surface area is 226 Å². The number of benzene rings is 3. The Bertz CT molecular complexity index is 1430. The maximum absolute atomic E-state index is 13.9. The summed E-state index contributed by atoms with van der Waals surface area (Å²) < 4.78 is 13.9. The van der Waals surface area contributed by atoms with Gasteiger partial charge in [0, 0.05) is 43.4 Å². The number of amides is 2. The summed E-state index contributed by atoms with van der Waals surface area (Å²) in [5.41, 5.74) is 4.70. The van der Waals surface area contributed by atoms with Crippen LogP contribution in [-0.4, -0.2) is 55.0 Å². The van der Waals surface area contributed by atoms with Crippen LogP contribution in [0.3, 0.4) is 0 Å². The lowest BCUT2D eigenvalue weighted by atomic mass is 9.97. The van der Waals surface area contributed by atoms with E-state index in [1.165, 1.54) is 19.1 Å². The summed E-state index contributed by atoms with van der Waals surface area (Å²) in [6.45, 7) is 2.78. The number of carbonyl (C=O) groups excluding carboxylic acids is 2. The molecule has 39 heavy (non-hydrogen) atoms. The van der Waals surface area contributed by atoms with Crippen LogP contribution in [0.4, 0.5) is 21.5 Å². The van der Waals surface area contributed by atoms with Crippen LogP contribution < -0.4 is 15.5 Å². The van der Waals surface area contributed by atoms with Crippen molar-refractivity contribution in [3.05, 3.63) is 89.2 Å². The van der Waals surface area contributed by atoms with Crippen molar-refractivity contribution >= 4 is 46.1 Å². The van der Waals surface area contributed by atoms with Gasteiger partial charge in [-0.05, 0) is 80.2 Å². The molecule has 4 rings (SSSR count). The van der Waals surface area contributed by atoms with Crippen molar-refractivity contribution in [1.29, 1.82) is 0 Å².